The topological polar surface area (TPSA) is 58.2 Å². The number of terminal acetylenes is 1. The summed E-state index contributed by atoms with van der Waals surface area (Å²) in [6.45, 7) is 0.112. The molecule has 6 heteroatoms. The molecule has 0 aliphatic rings. The molecule has 2 aromatic rings. The first-order valence-corrected chi connectivity index (χ1v) is 8.58. The third-order valence-electron chi connectivity index (χ3n) is 3.22. The lowest BCUT2D eigenvalue weighted by molar-refractivity contribution is -0.115. The molecule has 0 fully saturated rings. The summed E-state index contributed by atoms with van der Waals surface area (Å²) in [5, 5.41) is 5.27. The lowest BCUT2D eigenvalue weighted by Crippen LogP contribution is -2.25. The van der Waals surface area contributed by atoms with E-state index in [0.717, 1.165) is 0 Å². The quantitative estimate of drug-likeness (QED) is 0.591. The van der Waals surface area contributed by atoms with Crippen molar-refractivity contribution in [1.29, 1.82) is 0 Å². The summed E-state index contributed by atoms with van der Waals surface area (Å²) in [6.07, 6.45) is 5.32. The summed E-state index contributed by atoms with van der Waals surface area (Å²) < 4.78 is 13.5. The van der Waals surface area contributed by atoms with E-state index in [2.05, 4.69) is 16.6 Å². The second-order valence-corrected chi connectivity index (χ2v) is 6.15. The number of carbonyl (C=O) groups excluding carboxylic acids is 2. The predicted molar refractivity (Wildman–Crippen MR) is 98.0 cm³/mol. The molecule has 0 aliphatic heterocycles. The van der Waals surface area contributed by atoms with E-state index in [-0.39, 0.29) is 30.6 Å². The number of nitrogens with one attached hydrogen (secondary N) is 2. The van der Waals surface area contributed by atoms with Crippen LogP contribution in [0.5, 0.6) is 0 Å². The van der Waals surface area contributed by atoms with Crippen molar-refractivity contribution in [2.75, 3.05) is 17.6 Å². The van der Waals surface area contributed by atoms with Gasteiger partial charge < -0.3 is 10.6 Å². The molecular formula is C19H17FN2O2S. The number of hydrogen-bond donors (Lipinski definition) is 2. The zero-order chi connectivity index (χ0) is 18.1. The first kappa shape index (κ1) is 18.6. The maximum absolute atomic E-state index is 13.5. The van der Waals surface area contributed by atoms with Crippen LogP contribution in [0.15, 0.2) is 53.4 Å². The molecule has 4 nitrogen and oxygen atoms in total. The molecule has 0 saturated heterocycles. The van der Waals surface area contributed by atoms with Crippen molar-refractivity contribution in [3.63, 3.8) is 0 Å². The highest BCUT2D eigenvalue weighted by Crippen LogP contribution is 2.22. The van der Waals surface area contributed by atoms with Gasteiger partial charge in [0.2, 0.25) is 5.91 Å². The van der Waals surface area contributed by atoms with Gasteiger partial charge in [-0.25, -0.2) is 4.39 Å². The van der Waals surface area contributed by atoms with Gasteiger partial charge >= 0.3 is 0 Å². The van der Waals surface area contributed by atoms with Crippen molar-refractivity contribution in [3.8, 4) is 12.3 Å². The minimum atomic E-state index is -0.352. The molecule has 2 N–H and O–H groups in total. The van der Waals surface area contributed by atoms with Gasteiger partial charge in [-0.1, -0.05) is 30.2 Å². The highest BCUT2D eigenvalue weighted by Gasteiger charge is 2.12. The van der Waals surface area contributed by atoms with Crippen molar-refractivity contribution in [2.24, 2.45) is 0 Å². The highest BCUT2D eigenvalue weighted by atomic mass is 32.2. The molecule has 0 heterocycles. The fourth-order valence-corrected chi connectivity index (χ4v) is 2.93. The summed E-state index contributed by atoms with van der Waals surface area (Å²) in [5.41, 5.74) is 0.755. The van der Waals surface area contributed by atoms with Gasteiger partial charge in [-0.15, -0.1) is 18.2 Å². The van der Waals surface area contributed by atoms with Gasteiger partial charge in [-0.3, -0.25) is 9.59 Å². The van der Waals surface area contributed by atoms with E-state index in [1.807, 2.05) is 0 Å². The van der Waals surface area contributed by atoms with Gasteiger partial charge in [-0.2, -0.15) is 0 Å². The predicted octanol–water partition coefficient (Wildman–Crippen LogP) is 3.31. The first-order valence-electron chi connectivity index (χ1n) is 7.59. The van der Waals surface area contributed by atoms with Crippen LogP contribution in [0.1, 0.15) is 16.8 Å². The molecule has 0 atom stereocenters. The maximum Gasteiger partial charge on any atom is 0.254 e. The number of halogens is 1. The van der Waals surface area contributed by atoms with E-state index in [1.54, 1.807) is 42.5 Å². The Balaban J connectivity index is 1.91. The number of para-hydroxylation sites is 1. The molecule has 0 saturated carbocycles. The van der Waals surface area contributed by atoms with E-state index in [1.165, 1.54) is 17.8 Å². The lowest BCUT2D eigenvalue weighted by atomic mass is 10.1. The van der Waals surface area contributed by atoms with Crippen LogP contribution in [-0.2, 0) is 4.79 Å². The number of thioether (sulfide) groups is 1. The molecular weight excluding hydrogens is 339 g/mol. The molecule has 0 aliphatic carbocycles. The Labute approximate surface area is 150 Å². The monoisotopic (exact) mass is 356 g/mol. The van der Waals surface area contributed by atoms with Crippen molar-refractivity contribution in [2.45, 2.75) is 11.3 Å². The van der Waals surface area contributed by atoms with Crippen molar-refractivity contribution < 1.29 is 14.0 Å². The average molecular weight is 356 g/mol. The second kappa shape index (κ2) is 9.50. The van der Waals surface area contributed by atoms with Gasteiger partial charge in [0.05, 0.1) is 17.8 Å². The van der Waals surface area contributed by atoms with Crippen LogP contribution in [0, 0.1) is 18.2 Å². The molecule has 2 amide bonds. The third-order valence-corrected chi connectivity index (χ3v) is 4.27. The zero-order valence-electron chi connectivity index (χ0n) is 13.4. The van der Waals surface area contributed by atoms with E-state index >= 15 is 0 Å². The summed E-state index contributed by atoms with van der Waals surface area (Å²) in [4.78, 5) is 24.6. The molecule has 128 valence electrons. The molecule has 25 heavy (non-hydrogen) atoms. The number of amides is 2. The number of rotatable bonds is 7. The fourth-order valence-electron chi connectivity index (χ4n) is 2.04. The Bertz CT molecular complexity index is 802. The Morgan fingerprint density at radius 2 is 1.84 bits per heavy atom. The van der Waals surface area contributed by atoms with Crippen molar-refractivity contribution in [1.82, 2.24) is 5.32 Å². The summed E-state index contributed by atoms with van der Waals surface area (Å²) in [6, 6.07) is 13.1. The van der Waals surface area contributed by atoms with Gasteiger partial charge in [0, 0.05) is 17.1 Å². The van der Waals surface area contributed by atoms with Crippen LogP contribution in [0.4, 0.5) is 10.1 Å². The Morgan fingerprint density at radius 1 is 1.12 bits per heavy atom. The molecule has 0 bridgehead atoms. The number of hydrogen-bond acceptors (Lipinski definition) is 3. The summed E-state index contributed by atoms with van der Waals surface area (Å²) in [5.74, 6) is 1.85. The van der Waals surface area contributed by atoms with Crippen molar-refractivity contribution in [3.05, 3.63) is 59.9 Å². The average Bonchev–Trinajstić information content (AvgIpc) is 2.62. The maximum atomic E-state index is 13.5. The van der Waals surface area contributed by atoms with E-state index < -0.39 is 0 Å². The van der Waals surface area contributed by atoms with Crippen LogP contribution in [0.2, 0.25) is 0 Å². The largest absolute Gasteiger partial charge is 0.341 e. The van der Waals surface area contributed by atoms with Crippen LogP contribution in [0.25, 0.3) is 0 Å². The highest BCUT2D eigenvalue weighted by molar-refractivity contribution is 7.99. The zero-order valence-corrected chi connectivity index (χ0v) is 14.2. The minimum Gasteiger partial charge on any atom is -0.341 e. The lowest BCUT2D eigenvalue weighted by Gasteiger charge is -2.10. The van der Waals surface area contributed by atoms with Gasteiger partial charge in [0.25, 0.3) is 5.91 Å². The number of benzene rings is 2. The SMILES string of the molecule is C#CCNC(=O)c1ccccc1NC(=O)CCSc1ccccc1F. The smallest absolute Gasteiger partial charge is 0.254 e. The molecule has 0 spiro atoms. The molecule has 0 radical (unpaired) electrons. The first-order chi connectivity index (χ1) is 12.1. The molecule has 0 unspecified atom stereocenters. The molecule has 0 aromatic heterocycles. The number of carbonyl (C=O) groups is 2. The van der Waals surface area contributed by atoms with Gasteiger partial charge in [0.15, 0.2) is 0 Å². The Morgan fingerprint density at radius 3 is 2.60 bits per heavy atom. The Hall–Kier alpha value is -2.78. The Kier molecular flexibility index (Phi) is 7.05. The minimum absolute atomic E-state index is 0.112. The summed E-state index contributed by atoms with van der Waals surface area (Å²) in [7, 11) is 0. The van der Waals surface area contributed by atoms with Crippen molar-refractivity contribution >= 4 is 29.3 Å². The molecule has 2 rings (SSSR count). The van der Waals surface area contributed by atoms with Gasteiger partial charge in [-0.05, 0) is 24.3 Å². The fraction of sp³-hybridized carbons (Fsp3) is 0.158. The third kappa shape index (κ3) is 5.66. The van der Waals surface area contributed by atoms with E-state index in [4.69, 9.17) is 6.42 Å². The standard InChI is InChI=1S/C19H17FN2O2S/c1-2-12-21-19(24)14-7-3-5-9-16(14)22-18(23)11-13-25-17-10-6-4-8-15(17)20/h1,3-10H,11-13H2,(H,21,24)(H,22,23). The molecule has 2 aromatic carbocycles. The summed E-state index contributed by atoms with van der Waals surface area (Å²) >= 11 is 1.27. The number of anilines is 1. The van der Waals surface area contributed by atoms with Crippen LogP contribution < -0.4 is 10.6 Å². The van der Waals surface area contributed by atoms with E-state index in [9.17, 15) is 14.0 Å². The van der Waals surface area contributed by atoms with Crippen LogP contribution in [-0.4, -0.2) is 24.1 Å². The van der Waals surface area contributed by atoms with Crippen LogP contribution in [0.3, 0.4) is 0 Å². The van der Waals surface area contributed by atoms with Gasteiger partial charge in [0.1, 0.15) is 5.82 Å². The second-order valence-electron chi connectivity index (χ2n) is 5.01. The normalized spacial score (nSPS) is 9.92. The van der Waals surface area contributed by atoms with E-state index in [0.29, 0.717) is 21.9 Å². The van der Waals surface area contributed by atoms with Crippen LogP contribution >= 0.6 is 11.8 Å².